The number of nitrogens with zero attached hydrogens (tertiary/aromatic N) is 2. The molecule has 2 rings (SSSR count). The van der Waals surface area contributed by atoms with Crippen LogP contribution in [0, 0.1) is 33.6 Å². The zero-order chi connectivity index (χ0) is 16.6. The second-order valence-corrected chi connectivity index (χ2v) is 7.25. The summed E-state index contributed by atoms with van der Waals surface area (Å²) in [5.74, 6) is 0.652. The maximum atomic E-state index is 4.55. The number of hydrogen-bond acceptors (Lipinski definition) is 1. The van der Waals surface area contributed by atoms with E-state index in [0.29, 0.717) is 12.0 Å². The number of benzene rings is 1. The van der Waals surface area contributed by atoms with Gasteiger partial charge in [0.25, 0.3) is 0 Å². The van der Waals surface area contributed by atoms with Crippen molar-refractivity contribution in [3.05, 3.63) is 40.2 Å². The SMILES string of the molecule is Cc1c(C)c(C)c(-c2cnn(C(C)C)c2)c(CC(C)C)c1C. The Balaban J connectivity index is 2.71. The Morgan fingerprint density at radius 3 is 2.00 bits per heavy atom. The minimum atomic E-state index is 0.398. The lowest BCUT2D eigenvalue weighted by molar-refractivity contribution is 0.532. The van der Waals surface area contributed by atoms with E-state index in [1.807, 2.05) is 6.20 Å². The molecule has 1 aromatic carbocycles. The highest BCUT2D eigenvalue weighted by Crippen LogP contribution is 2.36. The molecule has 2 heteroatoms. The molecule has 0 amide bonds. The molecule has 0 aliphatic heterocycles. The van der Waals surface area contributed by atoms with E-state index in [1.54, 1.807) is 0 Å². The molecular formula is C20H30N2. The quantitative estimate of drug-likeness (QED) is 0.722. The van der Waals surface area contributed by atoms with Crippen molar-refractivity contribution in [1.82, 2.24) is 9.78 Å². The van der Waals surface area contributed by atoms with Crippen LogP contribution in [0.5, 0.6) is 0 Å². The Hall–Kier alpha value is -1.57. The summed E-state index contributed by atoms with van der Waals surface area (Å²) >= 11 is 0. The third-order valence-corrected chi connectivity index (χ3v) is 4.85. The molecule has 120 valence electrons. The predicted octanol–water partition coefficient (Wildman–Crippen LogP) is 5.56. The molecule has 0 N–H and O–H groups in total. The molecule has 0 atom stereocenters. The fourth-order valence-corrected chi connectivity index (χ4v) is 3.19. The monoisotopic (exact) mass is 298 g/mol. The summed E-state index contributed by atoms with van der Waals surface area (Å²) in [6.07, 6.45) is 5.35. The molecule has 0 unspecified atom stereocenters. The van der Waals surface area contributed by atoms with Crippen molar-refractivity contribution in [1.29, 1.82) is 0 Å². The molecule has 0 bridgehead atoms. The molecule has 0 saturated carbocycles. The van der Waals surface area contributed by atoms with Gasteiger partial charge in [-0.15, -0.1) is 0 Å². The molecule has 0 spiro atoms. The maximum Gasteiger partial charge on any atom is 0.0568 e. The summed E-state index contributed by atoms with van der Waals surface area (Å²) in [6, 6.07) is 0.398. The molecule has 2 nitrogen and oxygen atoms in total. The molecule has 2 aromatic rings. The largest absolute Gasteiger partial charge is 0.270 e. The van der Waals surface area contributed by atoms with Crippen LogP contribution in [-0.4, -0.2) is 9.78 Å². The fourth-order valence-electron chi connectivity index (χ4n) is 3.19. The molecule has 0 fully saturated rings. The molecule has 1 aromatic heterocycles. The van der Waals surface area contributed by atoms with Crippen LogP contribution in [0.3, 0.4) is 0 Å². The van der Waals surface area contributed by atoms with E-state index in [1.165, 1.54) is 38.9 Å². The van der Waals surface area contributed by atoms with E-state index in [4.69, 9.17) is 0 Å². The Morgan fingerprint density at radius 2 is 1.50 bits per heavy atom. The van der Waals surface area contributed by atoms with Crippen LogP contribution in [0.1, 0.15) is 61.6 Å². The van der Waals surface area contributed by atoms with Gasteiger partial charge in [-0.05, 0) is 87.3 Å². The Kier molecular flexibility index (Phi) is 4.79. The summed E-state index contributed by atoms with van der Waals surface area (Å²) in [5.41, 5.74) is 9.87. The molecule has 0 aliphatic rings. The standard InChI is InChI=1S/C20H30N2/c1-12(2)9-19-16(7)14(5)15(6)17(8)20(19)18-10-21-22(11-18)13(3)4/h10-13H,9H2,1-8H3. The van der Waals surface area contributed by atoms with Crippen molar-refractivity contribution in [2.75, 3.05) is 0 Å². The van der Waals surface area contributed by atoms with Gasteiger partial charge in [0.05, 0.1) is 6.20 Å². The van der Waals surface area contributed by atoms with Gasteiger partial charge in [-0.2, -0.15) is 5.10 Å². The van der Waals surface area contributed by atoms with Crippen molar-refractivity contribution in [3.63, 3.8) is 0 Å². The van der Waals surface area contributed by atoms with Gasteiger partial charge in [0.2, 0.25) is 0 Å². The van der Waals surface area contributed by atoms with Crippen LogP contribution in [0.15, 0.2) is 12.4 Å². The van der Waals surface area contributed by atoms with Gasteiger partial charge in [0, 0.05) is 17.8 Å². The normalized spacial score (nSPS) is 11.7. The highest BCUT2D eigenvalue weighted by molar-refractivity contribution is 5.74. The topological polar surface area (TPSA) is 17.8 Å². The van der Waals surface area contributed by atoms with Crippen LogP contribution in [-0.2, 0) is 6.42 Å². The van der Waals surface area contributed by atoms with Crippen molar-refractivity contribution >= 4 is 0 Å². The van der Waals surface area contributed by atoms with E-state index in [9.17, 15) is 0 Å². The minimum absolute atomic E-state index is 0.398. The van der Waals surface area contributed by atoms with Crippen LogP contribution in [0.25, 0.3) is 11.1 Å². The van der Waals surface area contributed by atoms with Crippen molar-refractivity contribution < 1.29 is 0 Å². The van der Waals surface area contributed by atoms with E-state index in [2.05, 4.69) is 71.4 Å². The molecule has 1 heterocycles. The number of rotatable bonds is 4. The van der Waals surface area contributed by atoms with E-state index >= 15 is 0 Å². The zero-order valence-electron chi connectivity index (χ0n) is 15.4. The first-order valence-electron chi connectivity index (χ1n) is 8.37. The van der Waals surface area contributed by atoms with Crippen molar-refractivity contribution in [3.8, 4) is 11.1 Å². The second kappa shape index (κ2) is 6.28. The van der Waals surface area contributed by atoms with Gasteiger partial charge in [-0.25, -0.2) is 0 Å². The third-order valence-electron chi connectivity index (χ3n) is 4.85. The number of hydrogen-bond donors (Lipinski definition) is 0. The lowest BCUT2D eigenvalue weighted by atomic mass is 9.83. The average molecular weight is 298 g/mol. The van der Waals surface area contributed by atoms with Crippen molar-refractivity contribution in [2.45, 2.75) is 67.9 Å². The lowest BCUT2D eigenvalue weighted by Crippen LogP contribution is -2.06. The summed E-state index contributed by atoms with van der Waals surface area (Å²) in [6.45, 7) is 18.0. The van der Waals surface area contributed by atoms with Crippen LogP contribution >= 0.6 is 0 Å². The number of aromatic nitrogens is 2. The van der Waals surface area contributed by atoms with E-state index in [-0.39, 0.29) is 0 Å². The molecule has 0 saturated heterocycles. The summed E-state index contributed by atoms with van der Waals surface area (Å²) in [7, 11) is 0. The highest BCUT2D eigenvalue weighted by Gasteiger charge is 2.18. The summed E-state index contributed by atoms with van der Waals surface area (Å²) in [5, 5.41) is 4.55. The second-order valence-electron chi connectivity index (χ2n) is 7.25. The zero-order valence-corrected chi connectivity index (χ0v) is 15.4. The average Bonchev–Trinajstić information content (AvgIpc) is 2.92. The van der Waals surface area contributed by atoms with Gasteiger partial charge >= 0.3 is 0 Å². The van der Waals surface area contributed by atoms with Crippen molar-refractivity contribution in [2.24, 2.45) is 5.92 Å². The maximum absolute atomic E-state index is 4.55. The van der Waals surface area contributed by atoms with Crippen LogP contribution in [0.2, 0.25) is 0 Å². The summed E-state index contributed by atoms with van der Waals surface area (Å²) < 4.78 is 2.05. The lowest BCUT2D eigenvalue weighted by Gasteiger charge is -2.21. The first-order valence-corrected chi connectivity index (χ1v) is 8.37. The smallest absolute Gasteiger partial charge is 0.0568 e. The summed E-state index contributed by atoms with van der Waals surface area (Å²) in [4.78, 5) is 0. The molecule has 22 heavy (non-hydrogen) atoms. The fraction of sp³-hybridized carbons (Fsp3) is 0.550. The Bertz CT molecular complexity index is 676. The van der Waals surface area contributed by atoms with Gasteiger partial charge in [-0.3, -0.25) is 4.68 Å². The Labute approximate surface area is 135 Å². The van der Waals surface area contributed by atoms with Gasteiger partial charge in [-0.1, -0.05) is 13.8 Å². The molecular weight excluding hydrogens is 268 g/mol. The van der Waals surface area contributed by atoms with Crippen LogP contribution in [0.4, 0.5) is 0 Å². The Morgan fingerprint density at radius 1 is 0.909 bits per heavy atom. The van der Waals surface area contributed by atoms with E-state index < -0.39 is 0 Å². The van der Waals surface area contributed by atoms with Crippen LogP contribution < -0.4 is 0 Å². The first-order chi connectivity index (χ1) is 10.2. The van der Waals surface area contributed by atoms with Gasteiger partial charge in [0.1, 0.15) is 0 Å². The van der Waals surface area contributed by atoms with Gasteiger partial charge in [0.15, 0.2) is 0 Å². The van der Waals surface area contributed by atoms with E-state index in [0.717, 1.165) is 6.42 Å². The minimum Gasteiger partial charge on any atom is -0.270 e. The first kappa shape index (κ1) is 16.8. The predicted molar refractivity (Wildman–Crippen MR) is 95.5 cm³/mol. The highest BCUT2D eigenvalue weighted by atomic mass is 15.3. The molecule has 0 radical (unpaired) electrons. The van der Waals surface area contributed by atoms with Gasteiger partial charge < -0.3 is 0 Å². The molecule has 0 aliphatic carbocycles. The third kappa shape index (κ3) is 2.97.